The van der Waals surface area contributed by atoms with E-state index in [4.69, 9.17) is 13.6 Å². The van der Waals surface area contributed by atoms with E-state index < -0.39 is 32.7 Å². The summed E-state index contributed by atoms with van der Waals surface area (Å²) in [4.78, 5) is 0.288. The summed E-state index contributed by atoms with van der Waals surface area (Å²) in [6.45, 7) is 24.6. The van der Waals surface area contributed by atoms with Gasteiger partial charge in [0.05, 0.1) is 24.2 Å². The van der Waals surface area contributed by atoms with Gasteiger partial charge in [0.15, 0.2) is 16.6 Å². The standard InChI is InChI=1S/C33H53NO5SSi2/c1-25-13-20-29(21-14-25)40(35,36)34(24-26-15-18-28(37-8)19-16-26)27-17-22-30(38-41(9,10)32(2,3)4)31(23-27)39-42(11,12)33(5,6)7/h13-22,27,30-31H,23-24H2,1-12H3/t27-,30-,31+/m1/s1. The van der Waals surface area contributed by atoms with Crippen LogP contribution in [0.4, 0.5) is 0 Å². The highest BCUT2D eigenvalue weighted by molar-refractivity contribution is 7.89. The molecule has 2 aromatic carbocycles. The summed E-state index contributed by atoms with van der Waals surface area (Å²) in [5.74, 6) is 0.734. The lowest BCUT2D eigenvalue weighted by atomic mass is 9.97. The van der Waals surface area contributed by atoms with Crippen LogP contribution in [0.25, 0.3) is 0 Å². The molecule has 3 atom stereocenters. The van der Waals surface area contributed by atoms with E-state index in [0.29, 0.717) is 6.42 Å². The minimum Gasteiger partial charge on any atom is -0.497 e. The van der Waals surface area contributed by atoms with Gasteiger partial charge in [-0.1, -0.05) is 83.5 Å². The molecule has 6 nitrogen and oxygen atoms in total. The first-order chi connectivity index (χ1) is 19.2. The Labute approximate surface area is 257 Å². The minimum atomic E-state index is -3.83. The topological polar surface area (TPSA) is 65.1 Å². The first kappa shape index (κ1) is 34.7. The van der Waals surface area contributed by atoms with Crippen LogP contribution in [-0.2, 0) is 25.4 Å². The normalized spacial score (nSPS) is 20.6. The van der Waals surface area contributed by atoms with Crippen LogP contribution in [-0.4, -0.2) is 54.7 Å². The van der Waals surface area contributed by atoms with Crippen molar-refractivity contribution in [2.24, 2.45) is 0 Å². The van der Waals surface area contributed by atoms with Crippen molar-refractivity contribution < 1.29 is 22.0 Å². The van der Waals surface area contributed by atoms with E-state index in [1.165, 1.54) is 0 Å². The molecule has 234 valence electrons. The maximum Gasteiger partial charge on any atom is 0.243 e. The average molecular weight is 632 g/mol. The lowest BCUT2D eigenvalue weighted by Crippen LogP contribution is -2.54. The van der Waals surface area contributed by atoms with Gasteiger partial charge in [-0.25, -0.2) is 8.42 Å². The Morgan fingerprint density at radius 3 is 1.83 bits per heavy atom. The predicted molar refractivity (Wildman–Crippen MR) is 179 cm³/mol. The van der Waals surface area contributed by atoms with E-state index in [-0.39, 0.29) is 33.7 Å². The number of methoxy groups -OCH3 is 1. The zero-order valence-electron chi connectivity index (χ0n) is 27.8. The quantitative estimate of drug-likeness (QED) is 0.195. The molecule has 3 rings (SSSR count). The van der Waals surface area contributed by atoms with E-state index in [1.54, 1.807) is 23.5 Å². The smallest absolute Gasteiger partial charge is 0.243 e. The molecule has 0 N–H and O–H groups in total. The second kappa shape index (κ2) is 12.7. The molecule has 0 aromatic heterocycles. The molecule has 1 aliphatic carbocycles. The van der Waals surface area contributed by atoms with Crippen LogP contribution < -0.4 is 4.74 Å². The molecule has 0 fully saturated rings. The number of sulfonamides is 1. The van der Waals surface area contributed by atoms with Crippen molar-refractivity contribution in [2.75, 3.05) is 7.11 Å². The molecule has 0 spiro atoms. The molecule has 0 bridgehead atoms. The predicted octanol–water partition coefficient (Wildman–Crippen LogP) is 8.30. The average Bonchev–Trinajstić information content (AvgIpc) is 2.87. The molecule has 0 unspecified atom stereocenters. The van der Waals surface area contributed by atoms with Crippen molar-refractivity contribution in [1.29, 1.82) is 0 Å². The third-order valence-electron chi connectivity index (χ3n) is 9.35. The highest BCUT2D eigenvalue weighted by Gasteiger charge is 2.46. The molecule has 0 heterocycles. The number of nitrogens with zero attached hydrogens (tertiary/aromatic N) is 1. The van der Waals surface area contributed by atoms with Crippen molar-refractivity contribution in [3.05, 3.63) is 71.8 Å². The van der Waals surface area contributed by atoms with E-state index in [1.807, 2.05) is 49.4 Å². The largest absolute Gasteiger partial charge is 0.497 e. The fourth-order valence-corrected chi connectivity index (χ4v) is 8.65. The number of rotatable bonds is 10. The van der Waals surface area contributed by atoms with Crippen LogP contribution in [0.2, 0.25) is 36.3 Å². The number of ether oxygens (including phenoxy) is 1. The van der Waals surface area contributed by atoms with Gasteiger partial charge in [-0.3, -0.25) is 0 Å². The molecule has 9 heteroatoms. The van der Waals surface area contributed by atoms with Crippen molar-refractivity contribution >= 4 is 26.7 Å². The van der Waals surface area contributed by atoms with E-state index in [2.05, 4.69) is 73.8 Å². The first-order valence-electron chi connectivity index (χ1n) is 14.9. The van der Waals surface area contributed by atoms with Crippen LogP contribution >= 0.6 is 0 Å². The maximum atomic E-state index is 14.3. The lowest BCUT2D eigenvalue weighted by Gasteiger charge is -2.47. The molecule has 1 aliphatic rings. The molecule has 0 amide bonds. The van der Waals surface area contributed by atoms with Gasteiger partial charge in [-0.15, -0.1) is 0 Å². The Balaban J connectivity index is 2.08. The number of hydrogen-bond donors (Lipinski definition) is 0. The summed E-state index contributed by atoms with van der Waals surface area (Å²) in [5, 5.41) is 0.0380. The van der Waals surface area contributed by atoms with Gasteiger partial charge in [0.2, 0.25) is 10.0 Å². The van der Waals surface area contributed by atoms with E-state index in [0.717, 1.165) is 16.9 Å². The summed E-state index contributed by atoms with van der Waals surface area (Å²) >= 11 is 0. The monoisotopic (exact) mass is 631 g/mol. The number of aryl methyl sites for hydroxylation is 1. The van der Waals surface area contributed by atoms with Gasteiger partial charge >= 0.3 is 0 Å². The molecular formula is C33H53NO5SSi2. The van der Waals surface area contributed by atoms with Crippen molar-refractivity contribution in [1.82, 2.24) is 4.31 Å². The van der Waals surface area contributed by atoms with Gasteiger partial charge in [0.25, 0.3) is 0 Å². The van der Waals surface area contributed by atoms with Crippen LogP contribution in [0.15, 0.2) is 65.6 Å². The first-order valence-corrected chi connectivity index (χ1v) is 22.2. The Morgan fingerprint density at radius 1 is 0.810 bits per heavy atom. The second-order valence-corrected chi connectivity index (χ2v) is 26.1. The summed E-state index contributed by atoms with van der Waals surface area (Å²) in [7, 11) is -6.53. The van der Waals surface area contributed by atoms with Crippen LogP contribution in [0.1, 0.15) is 59.1 Å². The Hall–Kier alpha value is -1.76. The lowest BCUT2D eigenvalue weighted by molar-refractivity contribution is 0.0404. The summed E-state index contributed by atoms with van der Waals surface area (Å²) in [6.07, 6.45) is 4.11. The highest BCUT2D eigenvalue weighted by Crippen LogP contribution is 2.42. The fourth-order valence-electron chi connectivity index (χ4n) is 4.47. The molecule has 42 heavy (non-hydrogen) atoms. The SMILES string of the molecule is COc1ccc(CN([C@@H]2C=C[C@@H](O[Si](C)(C)C(C)(C)C)[C@@H](O[Si](C)(C)C(C)(C)C)C2)S(=O)(=O)c2ccc(C)cc2)cc1. The van der Waals surface area contributed by atoms with E-state index in [9.17, 15) is 8.42 Å². The molecular weight excluding hydrogens is 579 g/mol. The molecule has 0 saturated heterocycles. The maximum absolute atomic E-state index is 14.3. The van der Waals surface area contributed by atoms with E-state index >= 15 is 0 Å². The van der Waals surface area contributed by atoms with Crippen molar-refractivity contribution in [2.45, 2.75) is 121 Å². The molecule has 0 radical (unpaired) electrons. The third-order valence-corrected chi connectivity index (χ3v) is 20.2. The van der Waals surface area contributed by atoms with Crippen LogP contribution in [0, 0.1) is 6.92 Å². The summed E-state index contributed by atoms with van der Waals surface area (Å²) in [6, 6.07) is 14.3. The minimum absolute atomic E-state index is 0.00192. The Bertz CT molecular complexity index is 1320. The molecule has 0 aliphatic heterocycles. The van der Waals surface area contributed by atoms with Crippen LogP contribution in [0.3, 0.4) is 0 Å². The summed E-state index contributed by atoms with van der Waals surface area (Å²) < 4.78 is 49.5. The number of hydrogen-bond acceptors (Lipinski definition) is 5. The third kappa shape index (κ3) is 8.04. The van der Waals surface area contributed by atoms with Gasteiger partial charge < -0.3 is 13.6 Å². The number of benzene rings is 2. The van der Waals surface area contributed by atoms with Crippen molar-refractivity contribution in [3.8, 4) is 5.75 Å². The molecule has 2 aromatic rings. The Morgan fingerprint density at radius 2 is 1.33 bits per heavy atom. The van der Waals surface area contributed by atoms with Gasteiger partial charge in [0.1, 0.15) is 5.75 Å². The zero-order chi connectivity index (χ0) is 31.7. The van der Waals surface area contributed by atoms with Crippen LogP contribution in [0.5, 0.6) is 5.75 Å². The zero-order valence-corrected chi connectivity index (χ0v) is 30.6. The molecule has 0 saturated carbocycles. The van der Waals surface area contributed by atoms with Gasteiger partial charge in [-0.05, 0) is 79.4 Å². The highest BCUT2D eigenvalue weighted by atomic mass is 32.2. The van der Waals surface area contributed by atoms with Gasteiger partial charge in [-0.2, -0.15) is 4.31 Å². The fraction of sp³-hybridized carbons (Fsp3) is 0.576. The van der Waals surface area contributed by atoms with Crippen molar-refractivity contribution in [3.63, 3.8) is 0 Å². The second-order valence-electron chi connectivity index (χ2n) is 14.7. The van der Waals surface area contributed by atoms with Gasteiger partial charge in [0, 0.05) is 12.6 Å². The Kier molecular flexibility index (Phi) is 10.5. The summed E-state index contributed by atoms with van der Waals surface area (Å²) in [5.41, 5.74) is 1.91.